The molecule has 0 amide bonds. The Hall–Kier alpha value is -0.600. The van der Waals surface area contributed by atoms with E-state index in [1.54, 1.807) is 18.2 Å². The lowest BCUT2D eigenvalue weighted by Gasteiger charge is -2.08. The Kier molecular flexibility index (Phi) is 5.09. The first-order chi connectivity index (χ1) is 9.38. The van der Waals surface area contributed by atoms with Crippen LogP contribution in [0.1, 0.15) is 4.88 Å². The van der Waals surface area contributed by atoms with Crippen molar-refractivity contribution in [3.05, 3.63) is 44.0 Å². The van der Waals surface area contributed by atoms with Crippen molar-refractivity contribution in [3.8, 4) is 0 Å². The average Bonchev–Trinajstić information content (AvgIpc) is 2.78. The van der Waals surface area contributed by atoms with Crippen molar-refractivity contribution in [2.24, 2.45) is 0 Å². The van der Waals surface area contributed by atoms with Crippen LogP contribution in [0, 0.1) is 0 Å². The van der Waals surface area contributed by atoms with Crippen molar-refractivity contribution in [2.75, 3.05) is 12.3 Å². The van der Waals surface area contributed by atoms with Gasteiger partial charge in [-0.25, -0.2) is 13.1 Å². The smallest absolute Gasteiger partial charge is 0.241 e. The molecule has 0 aliphatic heterocycles. The molecule has 4 nitrogen and oxygen atoms in total. The maximum atomic E-state index is 12.2. The Morgan fingerprint density at radius 1 is 1.30 bits per heavy atom. The number of nitrogens with one attached hydrogen (secondary N) is 1. The van der Waals surface area contributed by atoms with Gasteiger partial charge in [-0.15, -0.1) is 11.3 Å². The van der Waals surface area contributed by atoms with Gasteiger partial charge in [0.05, 0.1) is 9.23 Å². The summed E-state index contributed by atoms with van der Waals surface area (Å²) >= 11 is 10.5. The van der Waals surface area contributed by atoms with Crippen LogP contribution in [0.15, 0.2) is 39.7 Å². The van der Waals surface area contributed by atoms with Crippen LogP contribution < -0.4 is 10.5 Å². The second-order valence-corrected chi connectivity index (χ2v) is 8.43. The molecule has 0 bridgehead atoms. The molecule has 3 N–H and O–H groups in total. The maximum Gasteiger partial charge on any atom is 0.241 e. The van der Waals surface area contributed by atoms with E-state index in [1.807, 2.05) is 6.07 Å². The zero-order valence-electron chi connectivity index (χ0n) is 10.3. The number of halogens is 2. The molecule has 0 saturated carbocycles. The minimum atomic E-state index is -3.58. The number of sulfonamides is 1. The van der Waals surface area contributed by atoms with Gasteiger partial charge < -0.3 is 5.73 Å². The summed E-state index contributed by atoms with van der Waals surface area (Å²) in [4.78, 5) is 1.17. The number of anilines is 1. The fourth-order valence-electron chi connectivity index (χ4n) is 1.60. The van der Waals surface area contributed by atoms with E-state index < -0.39 is 10.0 Å². The van der Waals surface area contributed by atoms with E-state index in [2.05, 4.69) is 20.7 Å². The lowest BCUT2D eigenvalue weighted by molar-refractivity contribution is 0.581. The van der Waals surface area contributed by atoms with Crippen LogP contribution in [0.25, 0.3) is 0 Å². The highest BCUT2D eigenvalue weighted by Crippen LogP contribution is 2.24. The summed E-state index contributed by atoms with van der Waals surface area (Å²) in [6, 6.07) is 8.36. The lowest BCUT2D eigenvalue weighted by atomic mass is 10.3. The maximum absolute atomic E-state index is 12.2. The van der Waals surface area contributed by atoms with E-state index >= 15 is 0 Å². The molecule has 8 heteroatoms. The summed E-state index contributed by atoms with van der Waals surface area (Å²) in [7, 11) is -3.58. The van der Waals surface area contributed by atoms with Crippen molar-refractivity contribution in [3.63, 3.8) is 0 Å². The van der Waals surface area contributed by atoms with E-state index in [9.17, 15) is 8.42 Å². The molecule has 1 heterocycles. The first-order valence-corrected chi connectivity index (χ1v) is 9.14. The standard InChI is InChI=1S/C12H12BrClN2O2S2/c13-10-3-1-8(15)7-11(10)20(17,18)16-6-5-9-2-4-12(14)19-9/h1-4,7,16H,5-6,15H2. The van der Waals surface area contributed by atoms with Crippen molar-refractivity contribution >= 4 is 54.6 Å². The predicted molar refractivity (Wildman–Crippen MR) is 86.8 cm³/mol. The highest BCUT2D eigenvalue weighted by molar-refractivity contribution is 9.10. The quantitative estimate of drug-likeness (QED) is 0.763. The van der Waals surface area contributed by atoms with Crippen LogP contribution in [-0.4, -0.2) is 15.0 Å². The molecule has 1 aromatic carbocycles. The Balaban J connectivity index is 2.06. The molecule has 0 unspecified atom stereocenters. The van der Waals surface area contributed by atoms with Gasteiger partial charge in [0.1, 0.15) is 0 Å². The second-order valence-electron chi connectivity index (χ2n) is 4.04. The van der Waals surface area contributed by atoms with Gasteiger partial charge in [0.25, 0.3) is 0 Å². The fourth-order valence-corrected chi connectivity index (χ4v) is 4.71. The highest BCUT2D eigenvalue weighted by Gasteiger charge is 2.17. The number of hydrogen-bond acceptors (Lipinski definition) is 4. The lowest BCUT2D eigenvalue weighted by Crippen LogP contribution is -2.26. The average molecular weight is 396 g/mol. The largest absolute Gasteiger partial charge is 0.399 e. The van der Waals surface area contributed by atoms with Crippen LogP contribution in [-0.2, 0) is 16.4 Å². The zero-order chi connectivity index (χ0) is 14.8. The van der Waals surface area contributed by atoms with Crippen LogP contribution in [0.5, 0.6) is 0 Å². The first-order valence-electron chi connectivity index (χ1n) is 5.67. The van der Waals surface area contributed by atoms with Gasteiger partial charge in [-0.3, -0.25) is 0 Å². The summed E-state index contributed by atoms with van der Waals surface area (Å²) in [6.07, 6.45) is 0.594. The molecule has 108 valence electrons. The minimum Gasteiger partial charge on any atom is -0.399 e. The van der Waals surface area contributed by atoms with Crippen molar-refractivity contribution in [2.45, 2.75) is 11.3 Å². The Bertz CT molecular complexity index is 716. The molecule has 2 rings (SSSR count). The number of benzene rings is 1. The molecule has 0 fully saturated rings. The Morgan fingerprint density at radius 3 is 2.70 bits per heavy atom. The number of rotatable bonds is 5. The normalized spacial score (nSPS) is 11.7. The third-order valence-electron chi connectivity index (χ3n) is 2.54. The summed E-state index contributed by atoms with van der Waals surface area (Å²) in [6.45, 7) is 0.306. The summed E-state index contributed by atoms with van der Waals surface area (Å²) < 4.78 is 28.1. The van der Waals surface area contributed by atoms with Crippen LogP contribution >= 0.6 is 38.9 Å². The Morgan fingerprint density at radius 2 is 2.05 bits per heavy atom. The molecule has 0 radical (unpaired) electrons. The van der Waals surface area contributed by atoms with Gasteiger partial charge in [-0.2, -0.15) is 0 Å². The van der Waals surface area contributed by atoms with Gasteiger partial charge in [-0.05, 0) is 52.7 Å². The molecular formula is C12H12BrClN2O2S2. The molecule has 0 saturated heterocycles. The van der Waals surface area contributed by atoms with E-state index in [0.717, 1.165) is 4.88 Å². The zero-order valence-corrected chi connectivity index (χ0v) is 14.2. The van der Waals surface area contributed by atoms with Crippen molar-refractivity contribution < 1.29 is 8.42 Å². The molecule has 0 aliphatic carbocycles. The third kappa shape index (κ3) is 3.95. The molecule has 0 spiro atoms. The number of hydrogen-bond donors (Lipinski definition) is 2. The van der Waals surface area contributed by atoms with Gasteiger partial charge in [-0.1, -0.05) is 11.6 Å². The van der Waals surface area contributed by atoms with Crippen LogP contribution in [0.2, 0.25) is 4.34 Å². The monoisotopic (exact) mass is 394 g/mol. The van der Waals surface area contributed by atoms with E-state index in [-0.39, 0.29) is 4.90 Å². The summed E-state index contributed by atoms with van der Waals surface area (Å²) in [5.41, 5.74) is 6.02. The highest BCUT2D eigenvalue weighted by atomic mass is 79.9. The summed E-state index contributed by atoms with van der Waals surface area (Å²) in [5.74, 6) is 0. The molecular weight excluding hydrogens is 384 g/mol. The van der Waals surface area contributed by atoms with Gasteiger partial charge in [0.15, 0.2) is 0 Å². The number of nitrogen functional groups attached to an aromatic ring is 1. The SMILES string of the molecule is Nc1ccc(Br)c(S(=O)(=O)NCCc2ccc(Cl)s2)c1. The molecule has 0 atom stereocenters. The van der Waals surface area contributed by atoms with Crippen LogP contribution in [0.4, 0.5) is 5.69 Å². The first kappa shape index (κ1) is 15.8. The Labute approximate surface area is 135 Å². The van der Waals surface area contributed by atoms with Crippen LogP contribution in [0.3, 0.4) is 0 Å². The molecule has 2 aromatic rings. The molecule has 0 aliphatic rings. The second kappa shape index (κ2) is 6.44. The topological polar surface area (TPSA) is 72.2 Å². The fraction of sp³-hybridized carbons (Fsp3) is 0.167. The minimum absolute atomic E-state index is 0.140. The predicted octanol–water partition coefficient (Wildman–Crippen LogP) is 3.27. The van der Waals surface area contributed by atoms with E-state index in [1.165, 1.54) is 17.4 Å². The van der Waals surface area contributed by atoms with E-state index in [4.69, 9.17) is 17.3 Å². The molecule has 1 aromatic heterocycles. The molecule has 20 heavy (non-hydrogen) atoms. The van der Waals surface area contributed by atoms with Gasteiger partial charge >= 0.3 is 0 Å². The summed E-state index contributed by atoms with van der Waals surface area (Å²) in [5, 5.41) is 0. The van der Waals surface area contributed by atoms with Crippen molar-refractivity contribution in [1.29, 1.82) is 0 Å². The third-order valence-corrected chi connectivity index (χ3v) is 6.28. The van der Waals surface area contributed by atoms with Gasteiger partial charge in [0.2, 0.25) is 10.0 Å². The van der Waals surface area contributed by atoms with Gasteiger partial charge in [0, 0.05) is 21.6 Å². The van der Waals surface area contributed by atoms with Crippen molar-refractivity contribution in [1.82, 2.24) is 4.72 Å². The number of thiophene rings is 1. The van der Waals surface area contributed by atoms with E-state index in [0.29, 0.717) is 27.5 Å². The number of nitrogens with two attached hydrogens (primary N) is 1.